The van der Waals surface area contributed by atoms with Crippen molar-refractivity contribution >= 4 is 23.3 Å². The predicted octanol–water partition coefficient (Wildman–Crippen LogP) is 2.71. The van der Waals surface area contributed by atoms with Crippen molar-refractivity contribution in [2.45, 2.75) is 31.8 Å². The summed E-state index contributed by atoms with van der Waals surface area (Å²) in [6.07, 6.45) is 1.94. The summed E-state index contributed by atoms with van der Waals surface area (Å²) in [6, 6.07) is 8.15. The Balaban J connectivity index is 2.21. The standard InChI is InChI=1S/C15H21ClN2O2/c1-11-8-14(6-7-17(11)2)18(10-15(19)20)13-5-3-4-12(16)9-13/h3-5,9,11,14H,6-8,10H2,1-2H3,(H,19,20). The molecule has 2 rings (SSSR count). The van der Waals surface area contributed by atoms with Gasteiger partial charge in [-0.2, -0.15) is 0 Å². The summed E-state index contributed by atoms with van der Waals surface area (Å²) >= 11 is 6.03. The molecular formula is C15H21ClN2O2. The van der Waals surface area contributed by atoms with E-state index in [2.05, 4.69) is 18.9 Å². The van der Waals surface area contributed by atoms with E-state index in [-0.39, 0.29) is 12.6 Å². The van der Waals surface area contributed by atoms with Crippen LogP contribution in [0.15, 0.2) is 24.3 Å². The Morgan fingerprint density at radius 2 is 2.30 bits per heavy atom. The molecule has 0 bridgehead atoms. The molecule has 1 aromatic rings. The number of carbonyl (C=O) groups is 1. The van der Waals surface area contributed by atoms with E-state index in [1.165, 1.54) is 0 Å². The zero-order chi connectivity index (χ0) is 14.7. The predicted molar refractivity (Wildman–Crippen MR) is 81.5 cm³/mol. The maximum Gasteiger partial charge on any atom is 0.323 e. The first-order chi connectivity index (χ1) is 9.47. The van der Waals surface area contributed by atoms with Crippen LogP contribution in [0.5, 0.6) is 0 Å². The number of hydrogen-bond acceptors (Lipinski definition) is 3. The van der Waals surface area contributed by atoms with E-state index >= 15 is 0 Å². The van der Waals surface area contributed by atoms with Gasteiger partial charge < -0.3 is 14.9 Å². The minimum absolute atomic E-state index is 0.0153. The smallest absolute Gasteiger partial charge is 0.323 e. The molecule has 1 fully saturated rings. The SMILES string of the molecule is CC1CC(N(CC(=O)O)c2cccc(Cl)c2)CCN1C. The van der Waals surface area contributed by atoms with Crippen LogP contribution < -0.4 is 4.90 Å². The zero-order valence-electron chi connectivity index (χ0n) is 11.9. The van der Waals surface area contributed by atoms with Crippen LogP contribution in [0.3, 0.4) is 0 Å². The minimum atomic E-state index is -0.809. The minimum Gasteiger partial charge on any atom is -0.480 e. The van der Waals surface area contributed by atoms with Gasteiger partial charge in [-0.25, -0.2) is 0 Å². The third-order valence-electron chi connectivity index (χ3n) is 4.07. The van der Waals surface area contributed by atoms with Gasteiger partial charge in [0.15, 0.2) is 0 Å². The zero-order valence-corrected chi connectivity index (χ0v) is 12.7. The van der Waals surface area contributed by atoms with Crippen LogP contribution in [-0.2, 0) is 4.79 Å². The van der Waals surface area contributed by atoms with Crippen LogP contribution in [0.4, 0.5) is 5.69 Å². The quantitative estimate of drug-likeness (QED) is 0.928. The Bertz CT molecular complexity index is 481. The molecule has 1 N–H and O–H groups in total. The molecule has 2 atom stereocenters. The van der Waals surface area contributed by atoms with Crippen LogP contribution in [-0.4, -0.2) is 48.2 Å². The van der Waals surface area contributed by atoms with Gasteiger partial charge in [0.25, 0.3) is 0 Å². The molecule has 1 aliphatic heterocycles. The van der Waals surface area contributed by atoms with Crippen LogP contribution in [0.25, 0.3) is 0 Å². The third-order valence-corrected chi connectivity index (χ3v) is 4.30. The molecule has 2 unspecified atom stereocenters. The lowest BCUT2D eigenvalue weighted by molar-refractivity contribution is -0.135. The highest BCUT2D eigenvalue weighted by Gasteiger charge is 2.28. The molecule has 4 nitrogen and oxygen atoms in total. The first-order valence-electron chi connectivity index (χ1n) is 6.91. The third kappa shape index (κ3) is 3.64. The lowest BCUT2D eigenvalue weighted by Gasteiger charge is -2.41. The normalized spacial score (nSPS) is 23.6. The highest BCUT2D eigenvalue weighted by Crippen LogP contribution is 2.27. The lowest BCUT2D eigenvalue weighted by atomic mass is 9.97. The summed E-state index contributed by atoms with van der Waals surface area (Å²) in [6.45, 7) is 3.19. The van der Waals surface area contributed by atoms with Crippen LogP contribution in [0, 0.1) is 0 Å². The molecule has 1 heterocycles. The van der Waals surface area contributed by atoms with Crippen molar-refractivity contribution in [3.63, 3.8) is 0 Å². The van der Waals surface area contributed by atoms with Crippen LogP contribution in [0.1, 0.15) is 19.8 Å². The second kappa shape index (κ2) is 6.46. The van der Waals surface area contributed by atoms with E-state index in [1.807, 2.05) is 23.1 Å². The number of carboxylic acids is 1. The van der Waals surface area contributed by atoms with E-state index in [4.69, 9.17) is 11.6 Å². The van der Waals surface area contributed by atoms with Gasteiger partial charge in [0.05, 0.1) is 0 Å². The monoisotopic (exact) mass is 296 g/mol. The summed E-state index contributed by atoms with van der Waals surface area (Å²) in [5.41, 5.74) is 0.890. The largest absolute Gasteiger partial charge is 0.480 e. The molecular weight excluding hydrogens is 276 g/mol. The van der Waals surface area contributed by atoms with Gasteiger partial charge in [-0.15, -0.1) is 0 Å². The van der Waals surface area contributed by atoms with E-state index < -0.39 is 5.97 Å². The molecule has 1 aromatic carbocycles. The fourth-order valence-corrected chi connectivity index (χ4v) is 2.96. The van der Waals surface area contributed by atoms with Gasteiger partial charge in [-0.1, -0.05) is 17.7 Å². The van der Waals surface area contributed by atoms with Crippen molar-refractivity contribution in [2.75, 3.05) is 25.0 Å². The second-order valence-electron chi connectivity index (χ2n) is 5.51. The maximum atomic E-state index is 11.2. The van der Waals surface area contributed by atoms with E-state index in [0.29, 0.717) is 11.1 Å². The average molecular weight is 297 g/mol. The van der Waals surface area contributed by atoms with Crippen LogP contribution in [0.2, 0.25) is 5.02 Å². The molecule has 0 saturated carbocycles. The topological polar surface area (TPSA) is 43.8 Å². The number of halogens is 1. The first-order valence-corrected chi connectivity index (χ1v) is 7.29. The number of benzene rings is 1. The highest BCUT2D eigenvalue weighted by atomic mass is 35.5. The molecule has 20 heavy (non-hydrogen) atoms. The van der Waals surface area contributed by atoms with Crippen molar-refractivity contribution in [1.29, 1.82) is 0 Å². The molecule has 0 amide bonds. The number of aliphatic carboxylic acids is 1. The summed E-state index contributed by atoms with van der Waals surface area (Å²) in [7, 11) is 2.11. The Labute approximate surface area is 124 Å². The number of likely N-dealkylation sites (tertiary alicyclic amines) is 1. The number of nitrogens with zero attached hydrogens (tertiary/aromatic N) is 2. The second-order valence-corrected chi connectivity index (χ2v) is 5.95. The number of anilines is 1. The molecule has 0 aromatic heterocycles. The van der Waals surface area contributed by atoms with Gasteiger partial charge in [0.1, 0.15) is 6.54 Å². The maximum absolute atomic E-state index is 11.2. The van der Waals surface area contributed by atoms with Gasteiger partial charge in [0.2, 0.25) is 0 Å². The fraction of sp³-hybridized carbons (Fsp3) is 0.533. The Kier molecular flexibility index (Phi) is 4.89. The van der Waals surface area contributed by atoms with Gasteiger partial charge in [-0.05, 0) is 45.0 Å². The summed E-state index contributed by atoms with van der Waals surface area (Å²) in [5.74, 6) is -0.809. The Morgan fingerprint density at radius 1 is 1.55 bits per heavy atom. The average Bonchev–Trinajstić information content (AvgIpc) is 2.39. The van der Waals surface area contributed by atoms with Crippen molar-refractivity contribution in [1.82, 2.24) is 4.90 Å². The van der Waals surface area contributed by atoms with E-state index in [1.54, 1.807) is 6.07 Å². The Morgan fingerprint density at radius 3 is 2.90 bits per heavy atom. The summed E-state index contributed by atoms with van der Waals surface area (Å²) in [5, 5.41) is 9.82. The summed E-state index contributed by atoms with van der Waals surface area (Å²) in [4.78, 5) is 15.5. The van der Waals surface area contributed by atoms with E-state index in [0.717, 1.165) is 25.1 Å². The molecule has 1 aliphatic rings. The molecule has 0 spiro atoms. The number of hydrogen-bond donors (Lipinski definition) is 1. The van der Waals surface area contributed by atoms with Crippen molar-refractivity contribution < 1.29 is 9.90 Å². The molecule has 110 valence electrons. The number of rotatable bonds is 4. The molecule has 0 radical (unpaired) electrons. The highest BCUT2D eigenvalue weighted by molar-refractivity contribution is 6.30. The molecule has 5 heteroatoms. The van der Waals surface area contributed by atoms with Crippen molar-refractivity contribution in [2.24, 2.45) is 0 Å². The number of carboxylic acid groups (broad SMARTS) is 1. The van der Waals surface area contributed by atoms with Gasteiger partial charge >= 0.3 is 5.97 Å². The van der Waals surface area contributed by atoms with Gasteiger partial charge in [-0.3, -0.25) is 4.79 Å². The van der Waals surface area contributed by atoms with Crippen molar-refractivity contribution in [3.05, 3.63) is 29.3 Å². The first kappa shape index (κ1) is 15.1. The lowest BCUT2D eigenvalue weighted by Crippen LogP contribution is -2.49. The summed E-state index contributed by atoms with van der Waals surface area (Å²) < 4.78 is 0. The molecule has 0 aliphatic carbocycles. The van der Waals surface area contributed by atoms with Crippen molar-refractivity contribution in [3.8, 4) is 0 Å². The number of piperidine rings is 1. The Hall–Kier alpha value is -1.26. The van der Waals surface area contributed by atoms with Gasteiger partial charge in [0, 0.05) is 29.3 Å². The van der Waals surface area contributed by atoms with Crippen LogP contribution >= 0.6 is 11.6 Å². The molecule has 1 saturated heterocycles. The van der Waals surface area contributed by atoms with E-state index in [9.17, 15) is 9.90 Å². The fourth-order valence-electron chi connectivity index (χ4n) is 2.78.